The van der Waals surface area contributed by atoms with Gasteiger partial charge in [0.2, 0.25) is 0 Å². The predicted octanol–water partition coefficient (Wildman–Crippen LogP) is 3.10. The summed E-state index contributed by atoms with van der Waals surface area (Å²) in [4.78, 5) is 0. The smallest absolute Gasteiger partial charge is 0.326 e. The number of aryl methyl sites for hydroxylation is 1. The van der Waals surface area contributed by atoms with Gasteiger partial charge in [-0.15, -0.1) is 0 Å². The van der Waals surface area contributed by atoms with Crippen LogP contribution in [0.2, 0.25) is 0 Å². The lowest BCUT2D eigenvalue weighted by molar-refractivity contribution is -0.176. The predicted molar refractivity (Wildman–Crippen MR) is 62.8 cm³/mol. The summed E-state index contributed by atoms with van der Waals surface area (Å²) >= 11 is 3.21. The molecule has 0 aliphatic rings. The van der Waals surface area contributed by atoms with Crippen molar-refractivity contribution in [3.05, 3.63) is 15.9 Å². The number of hydrogen-bond acceptors (Lipinski definition) is 2. The van der Waals surface area contributed by atoms with E-state index < -0.39 is 18.3 Å². The molecule has 2 unspecified atom stereocenters. The summed E-state index contributed by atoms with van der Waals surface area (Å²) in [6.07, 6.45) is -4.17. The normalized spacial score (nSPS) is 16.0. The van der Waals surface area contributed by atoms with Crippen LogP contribution in [0.25, 0.3) is 0 Å². The Balaban J connectivity index is 3.28. The zero-order chi connectivity index (χ0) is 13.4. The topological polar surface area (TPSA) is 43.8 Å². The highest BCUT2D eigenvalue weighted by atomic mass is 79.9. The number of rotatable bonds is 3. The standard InChI is InChI=1S/C10H15BrF3N3/c1-4-7(15)9(10(12,13)14)17-6(3)8(11)5(2)16-17/h7,9H,4,15H2,1-3H3. The quantitative estimate of drug-likeness (QED) is 0.932. The Morgan fingerprint density at radius 2 is 1.94 bits per heavy atom. The number of halogens is 4. The summed E-state index contributed by atoms with van der Waals surface area (Å²) in [5.74, 6) is 0. The second-order valence-corrected chi connectivity index (χ2v) is 4.78. The van der Waals surface area contributed by atoms with Gasteiger partial charge in [-0.25, -0.2) is 0 Å². The molecule has 0 bridgehead atoms. The zero-order valence-electron chi connectivity index (χ0n) is 9.85. The first-order chi connectivity index (χ1) is 7.70. The summed E-state index contributed by atoms with van der Waals surface area (Å²) in [5.41, 5.74) is 6.53. The van der Waals surface area contributed by atoms with Crippen molar-refractivity contribution in [3.63, 3.8) is 0 Å². The number of nitrogens with two attached hydrogens (primary N) is 1. The molecular weight excluding hydrogens is 299 g/mol. The summed E-state index contributed by atoms with van der Waals surface area (Å²) in [7, 11) is 0. The van der Waals surface area contributed by atoms with Gasteiger partial charge in [0.25, 0.3) is 0 Å². The molecule has 98 valence electrons. The van der Waals surface area contributed by atoms with Crippen LogP contribution in [0.5, 0.6) is 0 Å². The van der Waals surface area contributed by atoms with E-state index >= 15 is 0 Å². The van der Waals surface area contributed by atoms with Crippen LogP contribution in [-0.4, -0.2) is 22.0 Å². The second kappa shape index (κ2) is 4.97. The minimum atomic E-state index is -4.40. The summed E-state index contributed by atoms with van der Waals surface area (Å²) in [5, 5.41) is 3.92. The Morgan fingerprint density at radius 3 is 2.24 bits per heavy atom. The Labute approximate surface area is 106 Å². The van der Waals surface area contributed by atoms with Gasteiger partial charge in [-0.05, 0) is 36.2 Å². The molecule has 0 saturated carbocycles. The lowest BCUT2D eigenvalue weighted by Gasteiger charge is -2.26. The van der Waals surface area contributed by atoms with Gasteiger partial charge < -0.3 is 5.73 Å². The van der Waals surface area contributed by atoms with E-state index in [9.17, 15) is 13.2 Å². The summed E-state index contributed by atoms with van der Waals surface area (Å²) in [6, 6.07) is -2.78. The molecule has 17 heavy (non-hydrogen) atoms. The third-order valence-corrected chi connectivity index (χ3v) is 3.86. The minimum Gasteiger partial charge on any atom is -0.326 e. The van der Waals surface area contributed by atoms with Crippen LogP contribution in [-0.2, 0) is 0 Å². The van der Waals surface area contributed by atoms with Crippen LogP contribution in [0, 0.1) is 13.8 Å². The largest absolute Gasteiger partial charge is 0.412 e. The van der Waals surface area contributed by atoms with E-state index in [1.54, 1.807) is 20.8 Å². The highest BCUT2D eigenvalue weighted by Crippen LogP contribution is 2.36. The van der Waals surface area contributed by atoms with Gasteiger partial charge in [-0.3, -0.25) is 4.68 Å². The maximum Gasteiger partial charge on any atom is 0.412 e. The van der Waals surface area contributed by atoms with Gasteiger partial charge in [0.15, 0.2) is 6.04 Å². The Bertz CT molecular complexity index is 400. The molecule has 1 rings (SSSR count). The lowest BCUT2D eigenvalue weighted by atomic mass is 10.1. The van der Waals surface area contributed by atoms with Gasteiger partial charge in [-0.1, -0.05) is 6.92 Å². The van der Waals surface area contributed by atoms with Crippen molar-refractivity contribution < 1.29 is 13.2 Å². The van der Waals surface area contributed by atoms with Gasteiger partial charge in [0.1, 0.15) is 0 Å². The molecule has 0 aliphatic heterocycles. The van der Waals surface area contributed by atoms with E-state index in [4.69, 9.17) is 5.73 Å². The molecule has 0 fully saturated rings. The average molecular weight is 314 g/mol. The number of nitrogens with zero attached hydrogens (tertiary/aromatic N) is 2. The highest BCUT2D eigenvalue weighted by molar-refractivity contribution is 9.10. The molecular formula is C10H15BrF3N3. The molecule has 0 aromatic carbocycles. The van der Waals surface area contributed by atoms with Crippen molar-refractivity contribution in [3.8, 4) is 0 Å². The molecule has 0 aliphatic carbocycles. The molecule has 0 amide bonds. The van der Waals surface area contributed by atoms with Crippen LogP contribution >= 0.6 is 15.9 Å². The van der Waals surface area contributed by atoms with E-state index in [0.29, 0.717) is 15.9 Å². The Hall–Kier alpha value is -0.560. The zero-order valence-corrected chi connectivity index (χ0v) is 11.4. The van der Waals surface area contributed by atoms with Crippen LogP contribution in [0.3, 0.4) is 0 Å². The second-order valence-electron chi connectivity index (χ2n) is 3.99. The molecule has 7 heteroatoms. The van der Waals surface area contributed by atoms with Crippen molar-refractivity contribution in [2.24, 2.45) is 5.73 Å². The minimum absolute atomic E-state index is 0.236. The molecule has 0 saturated heterocycles. The van der Waals surface area contributed by atoms with Gasteiger partial charge >= 0.3 is 6.18 Å². The lowest BCUT2D eigenvalue weighted by Crippen LogP contribution is -2.42. The van der Waals surface area contributed by atoms with E-state index in [1.165, 1.54) is 0 Å². The Morgan fingerprint density at radius 1 is 1.41 bits per heavy atom. The number of alkyl halides is 3. The molecule has 0 spiro atoms. The van der Waals surface area contributed by atoms with Crippen molar-refractivity contribution in [2.75, 3.05) is 0 Å². The maximum absolute atomic E-state index is 13.0. The van der Waals surface area contributed by atoms with Crippen molar-refractivity contribution in [1.82, 2.24) is 9.78 Å². The van der Waals surface area contributed by atoms with Crippen LogP contribution < -0.4 is 5.73 Å². The molecule has 3 nitrogen and oxygen atoms in total. The van der Waals surface area contributed by atoms with E-state index in [1.807, 2.05) is 0 Å². The van der Waals surface area contributed by atoms with Crippen molar-refractivity contribution in [1.29, 1.82) is 0 Å². The van der Waals surface area contributed by atoms with Crippen LogP contribution in [0.4, 0.5) is 13.2 Å². The molecule has 1 heterocycles. The highest BCUT2D eigenvalue weighted by Gasteiger charge is 2.45. The van der Waals surface area contributed by atoms with Crippen molar-refractivity contribution in [2.45, 2.75) is 45.5 Å². The maximum atomic E-state index is 13.0. The van der Waals surface area contributed by atoms with E-state index in [0.717, 1.165) is 4.68 Å². The third-order valence-electron chi connectivity index (χ3n) is 2.71. The monoisotopic (exact) mass is 313 g/mol. The first kappa shape index (κ1) is 14.5. The fourth-order valence-corrected chi connectivity index (χ4v) is 1.96. The SMILES string of the molecule is CCC(N)C(n1nc(C)c(Br)c1C)C(F)(F)F. The molecule has 0 radical (unpaired) electrons. The average Bonchev–Trinajstić information content (AvgIpc) is 2.44. The fourth-order valence-electron chi connectivity index (χ4n) is 1.70. The first-order valence-corrected chi connectivity index (χ1v) is 6.03. The van der Waals surface area contributed by atoms with Gasteiger partial charge in [0.05, 0.1) is 15.9 Å². The number of hydrogen-bond donors (Lipinski definition) is 1. The van der Waals surface area contributed by atoms with E-state index in [-0.39, 0.29) is 6.42 Å². The van der Waals surface area contributed by atoms with Gasteiger partial charge in [-0.2, -0.15) is 18.3 Å². The van der Waals surface area contributed by atoms with Gasteiger partial charge in [0, 0.05) is 6.04 Å². The third kappa shape index (κ3) is 2.82. The molecule has 1 aromatic rings. The summed E-state index contributed by atoms with van der Waals surface area (Å²) < 4.78 is 40.6. The molecule has 2 atom stereocenters. The number of aromatic nitrogens is 2. The fraction of sp³-hybridized carbons (Fsp3) is 0.700. The van der Waals surface area contributed by atoms with Crippen LogP contribution in [0.15, 0.2) is 4.47 Å². The molecule has 1 aromatic heterocycles. The first-order valence-electron chi connectivity index (χ1n) is 5.23. The molecule has 2 N–H and O–H groups in total. The van der Waals surface area contributed by atoms with E-state index in [2.05, 4.69) is 21.0 Å². The Kier molecular flexibility index (Phi) is 4.24. The van der Waals surface area contributed by atoms with Crippen molar-refractivity contribution >= 4 is 15.9 Å². The van der Waals surface area contributed by atoms with Crippen LogP contribution in [0.1, 0.15) is 30.8 Å². The summed E-state index contributed by atoms with van der Waals surface area (Å²) in [6.45, 7) is 4.87.